The summed E-state index contributed by atoms with van der Waals surface area (Å²) in [4.78, 5) is 2.44. The molecular weight excluding hydrogens is 298 g/mol. The molecule has 0 spiro atoms. The fourth-order valence-electron chi connectivity index (χ4n) is 3.35. The van der Waals surface area contributed by atoms with Crippen molar-refractivity contribution in [3.63, 3.8) is 0 Å². The van der Waals surface area contributed by atoms with E-state index in [-0.39, 0.29) is 12.4 Å². The first kappa shape index (κ1) is 18.2. The highest BCUT2D eigenvalue weighted by Crippen LogP contribution is 2.27. The molecule has 1 unspecified atom stereocenters. The maximum atomic E-state index is 11.5. The molecule has 1 atom stereocenters. The van der Waals surface area contributed by atoms with Gasteiger partial charge in [0.25, 0.3) is 0 Å². The van der Waals surface area contributed by atoms with Crippen LogP contribution in [0.4, 0.5) is 0 Å². The fraction of sp³-hybridized carbons (Fsp3) is 1.00. The molecule has 0 aliphatic carbocycles. The zero-order chi connectivity index (χ0) is 14.1. The second kappa shape index (κ2) is 6.92. The highest BCUT2D eigenvalue weighted by molar-refractivity contribution is 7.88. The minimum absolute atomic E-state index is 0. The number of halogens is 1. The van der Waals surface area contributed by atoms with Crippen LogP contribution >= 0.6 is 12.4 Å². The van der Waals surface area contributed by atoms with E-state index in [0.717, 1.165) is 32.5 Å². The van der Waals surface area contributed by atoms with Crippen LogP contribution in [0.15, 0.2) is 0 Å². The van der Waals surface area contributed by atoms with Gasteiger partial charge in [-0.3, -0.25) is 0 Å². The second-order valence-electron chi connectivity index (χ2n) is 6.55. The summed E-state index contributed by atoms with van der Waals surface area (Å²) in [6.07, 6.45) is 4.45. The van der Waals surface area contributed by atoms with E-state index in [1.807, 2.05) is 0 Å². The van der Waals surface area contributed by atoms with Gasteiger partial charge in [-0.2, -0.15) is 0 Å². The summed E-state index contributed by atoms with van der Waals surface area (Å²) < 4.78 is 24.6. The number of rotatable bonds is 4. The Balaban J connectivity index is 0.00000200. The fourth-order valence-corrected chi connectivity index (χ4v) is 4.22. The number of hydrogen-bond acceptors (Lipinski definition) is 4. The molecule has 0 radical (unpaired) electrons. The predicted octanol–water partition coefficient (Wildman–Crippen LogP) is 0.764. The van der Waals surface area contributed by atoms with Crippen molar-refractivity contribution in [3.8, 4) is 0 Å². The normalized spacial score (nSPS) is 29.6. The van der Waals surface area contributed by atoms with E-state index in [1.165, 1.54) is 12.7 Å². The zero-order valence-corrected chi connectivity index (χ0v) is 14.4. The van der Waals surface area contributed by atoms with E-state index in [4.69, 9.17) is 0 Å². The Morgan fingerprint density at radius 3 is 2.40 bits per heavy atom. The van der Waals surface area contributed by atoms with Crippen LogP contribution in [-0.2, 0) is 10.0 Å². The topological polar surface area (TPSA) is 52.6 Å². The van der Waals surface area contributed by atoms with Crippen molar-refractivity contribution in [2.45, 2.75) is 32.2 Å². The first-order valence-corrected chi connectivity index (χ1v) is 9.01. The van der Waals surface area contributed by atoms with Crippen molar-refractivity contribution < 1.29 is 8.42 Å². The Morgan fingerprint density at radius 2 is 1.95 bits per heavy atom. The molecule has 1 N–H and O–H groups in total. The molecule has 0 aromatic heterocycles. The smallest absolute Gasteiger partial charge is 0.211 e. The second-order valence-corrected chi connectivity index (χ2v) is 8.53. The molecular formula is C13H28ClN3O2S. The molecule has 2 saturated heterocycles. The van der Waals surface area contributed by atoms with Gasteiger partial charge in [-0.25, -0.2) is 12.7 Å². The Bertz CT molecular complexity index is 402. The van der Waals surface area contributed by atoms with Gasteiger partial charge >= 0.3 is 0 Å². The molecule has 2 heterocycles. The minimum atomic E-state index is -3.00. The number of piperidine rings is 1. The molecule has 0 saturated carbocycles. The summed E-state index contributed by atoms with van der Waals surface area (Å²) in [5.74, 6) is 0. The highest BCUT2D eigenvalue weighted by Gasteiger charge is 2.33. The molecule has 2 fully saturated rings. The van der Waals surface area contributed by atoms with E-state index in [2.05, 4.69) is 24.2 Å². The average Bonchev–Trinajstić information content (AvgIpc) is 2.75. The van der Waals surface area contributed by atoms with Gasteiger partial charge in [-0.1, -0.05) is 6.92 Å². The monoisotopic (exact) mass is 325 g/mol. The summed E-state index contributed by atoms with van der Waals surface area (Å²) in [6, 6.07) is 0.524. The lowest BCUT2D eigenvalue weighted by Crippen LogP contribution is -2.48. The van der Waals surface area contributed by atoms with Crippen molar-refractivity contribution in [3.05, 3.63) is 0 Å². The van der Waals surface area contributed by atoms with Crippen LogP contribution in [0, 0.1) is 5.41 Å². The van der Waals surface area contributed by atoms with Crippen LogP contribution in [-0.4, -0.2) is 69.7 Å². The number of nitrogens with one attached hydrogen (secondary N) is 1. The predicted molar refractivity (Wildman–Crippen MR) is 84.9 cm³/mol. The minimum Gasteiger partial charge on any atom is -0.316 e. The number of sulfonamides is 1. The van der Waals surface area contributed by atoms with Crippen LogP contribution in [0.25, 0.3) is 0 Å². The van der Waals surface area contributed by atoms with Gasteiger partial charge < -0.3 is 10.2 Å². The lowest BCUT2D eigenvalue weighted by atomic mass is 9.88. The van der Waals surface area contributed by atoms with Crippen molar-refractivity contribution in [2.24, 2.45) is 5.41 Å². The van der Waals surface area contributed by atoms with Crippen LogP contribution in [0.2, 0.25) is 0 Å². The lowest BCUT2D eigenvalue weighted by molar-refractivity contribution is 0.121. The Labute approximate surface area is 129 Å². The molecule has 2 aliphatic rings. The maximum absolute atomic E-state index is 11.5. The molecule has 5 nitrogen and oxygen atoms in total. The maximum Gasteiger partial charge on any atom is 0.211 e. The van der Waals surface area contributed by atoms with Crippen molar-refractivity contribution in [1.29, 1.82) is 0 Å². The van der Waals surface area contributed by atoms with E-state index in [9.17, 15) is 8.42 Å². The van der Waals surface area contributed by atoms with Gasteiger partial charge in [0, 0.05) is 32.2 Å². The summed E-state index contributed by atoms with van der Waals surface area (Å²) in [5.41, 5.74) is 0.378. The molecule has 0 aromatic carbocycles. The van der Waals surface area contributed by atoms with Crippen LogP contribution in [0.5, 0.6) is 0 Å². The van der Waals surface area contributed by atoms with Crippen LogP contribution in [0.3, 0.4) is 0 Å². The van der Waals surface area contributed by atoms with Gasteiger partial charge in [-0.05, 0) is 38.3 Å². The Hall–Kier alpha value is 0.120. The Morgan fingerprint density at radius 1 is 1.35 bits per heavy atom. The summed E-state index contributed by atoms with van der Waals surface area (Å²) >= 11 is 0. The van der Waals surface area contributed by atoms with Gasteiger partial charge in [0.15, 0.2) is 0 Å². The summed E-state index contributed by atoms with van der Waals surface area (Å²) in [7, 11) is -0.820. The quantitative estimate of drug-likeness (QED) is 0.829. The molecule has 0 aromatic rings. The van der Waals surface area contributed by atoms with E-state index in [1.54, 1.807) is 4.31 Å². The lowest BCUT2D eigenvalue weighted by Gasteiger charge is -2.39. The van der Waals surface area contributed by atoms with E-state index in [0.29, 0.717) is 24.5 Å². The largest absolute Gasteiger partial charge is 0.316 e. The van der Waals surface area contributed by atoms with Gasteiger partial charge in [0.1, 0.15) is 0 Å². The zero-order valence-electron chi connectivity index (χ0n) is 12.8. The highest BCUT2D eigenvalue weighted by atomic mass is 35.5. The first-order chi connectivity index (χ1) is 8.80. The third kappa shape index (κ3) is 4.56. The van der Waals surface area contributed by atoms with Crippen molar-refractivity contribution in [1.82, 2.24) is 14.5 Å². The molecule has 120 valence electrons. The Kier molecular flexibility index (Phi) is 6.29. The van der Waals surface area contributed by atoms with Crippen LogP contribution in [0.1, 0.15) is 26.2 Å². The summed E-state index contributed by atoms with van der Waals surface area (Å²) in [5, 5.41) is 3.43. The van der Waals surface area contributed by atoms with Gasteiger partial charge in [0.05, 0.1) is 6.26 Å². The summed E-state index contributed by atoms with van der Waals surface area (Å²) in [6.45, 7) is 7.00. The van der Waals surface area contributed by atoms with Gasteiger partial charge in [0.2, 0.25) is 10.0 Å². The standard InChI is InChI=1S/C13H27N3O2S.ClH/c1-13(6-7-14-10-13)11-15(2)12-4-8-16(9-5-12)19(3,17)18;/h12,14H,4-11H2,1-3H3;1H. The van der Waals surface area contributed by atoms with Crippen molar-refractivity contribution in [2.75, 3.05) is 46.0 Å². The molecule has 0 amide bonds. The van der Waals surface area contributed by atoms with Crippen molar-refractivity contribution >= 4 is 22.4 Å². The first-order valence-electron chi connectivity index (χ1n) is 7.16. The molecule has 7 heteroatoms. The van der Waals surface area contributed by atoms with E-state index >= 15 is 0 Å². The SMILES string of the molecule is CN(CC1(C)CCNC1)C1CCN(S(C)(=O)=O)CC1.Cl. The molecule has 20 heavy (non-hydrogen) atoms. The number of hydrogen-bond donors (Lipinski definition) is 1. The molecule has 2 rings (SSSR count). The third-order valence-corrected chi connectivity index (χ3v) is 5.91. The van der Waals surface area contributed by atoms with E-state index < -0.39 is 10.0 Å². The van der Waals surface area contributed by atoms with Crippen LogP contribution < -0.4 is 5.32 Å². The average molecular weight is 326 g/mol. The molecule has 2 aliphatic heterocycles. The third-order valence-electron chi connectivity index (χ3n) is 4.60. The number of nitrogens with zero attached hydrogens (tertiary/aromatic N) is 2. The molecule has 0 bridgehead atoms. The van der Waals surface area contributed by atoms with Gasteiger partial charge in [-0.15, -0.1) is 12.4 Å².